The van der Waals surface area contributed by atoms with Crippen molar-refractivity contribution in [3.8, 4) is 0 Å². The molecule has 1 rings (SSSR count). The molecule has 0 saturated carbocycles. The minimum Gasteiger partial charge on any atom is -0.480 e. The zero-order chi connectivity index (χ0) is 13.9. The van der Waals surface area contributed by atoms with E-state index in [9.17, 15) is 9.59 Å². The highest BCUT2D eigenvalue weighted by Gasteiger charge is 2.28. The highest BCUT2D eigenvalue weighted by Crippen LogP contribution is 2.25. The topological polar surface area (TPSA) is 92.2 Å². The maximum atomic E-state index is 12.0. The third-order valence-electron chi connectivity index (χ3n) is 2.42. The third kappa shape index (κ3) is 3.25. The molecule has 7 heteroatoms. The number of hydrogen-bond acceptors (Lipinski definition) is 5. The SMILES string of the molecule is CCC(NC(=O)c1snnc1C(C)(C)C)C(=O)O. The van der Waals surface area contributed by atoms with Crippen molar-refractivity contribution in [3.63, 3.8) is 0 Å². The summed E-state index contributed by atoms with van der Waals surface area (Å²) in [5.41, 5.74) is 0.287. The number of amides is 1. The molecule has 1 atom stereocenters. The number of nitrogens with one attached hydrogen (secondary N) is 1. The standard InChI is InChI=1S/C11H17N3O3S/c1-5-6(10(16)17)12-9(15)7-8(11(2,3)4)13-14-18-7/h6H,5H2,1-4H3,(H,12,15)(H,16,17). The average Bonchev–Trinajstić information content (AvgIpc) is 2.73. The number of hydrogen-bond donors (Lipinski definition) is 2. The molecule has 0 saturated heterocycles. The molecule has 0 bridgehead atoms. The second-order valence-electron chi connectivity index (χ2n) is 4.97. The zero-order valence-corrected chi connectivity index (χ0v) is 11.7. The minimum absolute atomic E-state index is 0.301. The van der Waals surface area contributed by atoms with Crippen molar-refractivity contribution in [1.82, 2.24) is 14.9 Å². The fraction of sp³-hybridized carbons (Fsp3) is 0.636. The predicted molar refractivity (Wildman–Crippen MR) is 67.8 cm³/mol. The lowest BCUT2D eigenvalue weighted by Crippen LogP contribution is -2.40. The van der Waals surface area contributed by atoms with Crippen molar-refractivity contribution in [2.75, 3.05) is 0 Å². The molecule has 0 radical (unpaired) electrons. The summed E-state index contributed by atoms with van der Waals surface area (Å²) >= 11 is 0.983. The number of rotatable bonds is 4. The van der Waals surface area contributed by atoms with Crippen molar-refractivity contribution >= 4 is 23.4 Å². The summed E-state index contributed by atoms with van der Waals surface area (Å²) in [5, 5.41) is 15.3. The number of carboxylic acids is 1. The lowest BCUT2D eigenvalue weighted by atomic mass is 9.91. The fourth-order valence-corrected chi connectivity index (χ4v) is 2.17. The monoisotopic (exact) mass is 271 g/mol. The Morgan fingerprint density at radius 1 is 1.44 bits per heavy atom. The summed E-state index contributed by atoms with van der Waals surface area (Å²) in [6, 6.07) is -0.882. The van der Waals surface area contributed by atoms with Crippen LogP contribution in [0.3, 0.4) is 0 Å². The predicted octanol–water partition coefficient (Wildman–Crippen LogP) is 1.43. The molecule has 100 valence electrons. The van der Waals surface area contributed by atoms with E-state index in [1.165, 1.54) is 0 Å². The zero-order valence-electron chi connectivity index (χ0n) is 10.9. The van der Waals surface area contributed by atoms with Gasteiger partial charge in [0.1, 0.15) is 10.9 Å². The normalized spacial score (nSPS) is 13.1. The molecule has 1 unspecified atom stereocenters. The third-order valence-corrected chi connectivity index (χ3v) is 3.14. The minimum atomic E-state index is -1.04. The lowest BCUT2D eigenvalue weighted by Gasteiger charge is -2.17. The van der Waals surface area contributed by atoms with Crippen molar-refractivity contribution in [1.29, 1.82) is 0 Å². The van der Waals surface area contributed by atoms with Crippen LogP contribution in [0.1, 0.15) is 49.5 Å². The molecule has 2 N–H and O–H groups in total. The quantitative estimate of drug-likeness (QED) is 0.864. The Kier molecular flexibility index (Phi) is 4.39. The molecule has 1 heterocycles. The van der Waals surface area contributed by atoms with Crippen LogP contribution >= 0.6 is 11.5 Å². The van der Waals surface area contributed by atoms with Crippen LogP contribution in [-0.2, 0) is 10.2 Å². The van der Waals surface area contributed by atoms with E-state index in [0.717, 1.165) is 11.5 Å². The second kappa shape index (κ2) is 5.43. The van der Waals surface area contributed by atoms with Crippen LogP contribution in [-0.4, -0.2) is 32.6 Å². The van der Waals surface area contributed by atoms with Gasteiger partial charge in [0.15, 0.2) is 0 Å². The van der Waals surface area contributed by atoms with Crippen LogP contribution in [0.5, 0.6) is 0 Å². The van der Waals surface area contributed by atoms with Gasteiger partial charge in [-0.15, -0.1) is 5.10 Å². The van der Waals surface area contributed by atoms with Gasteiger partial charge in [0.05, 0.1) is 5.69 Å². The van der Waals surface area contributed by atoms with E-state index in [1.54, 1.807) is 6.92 Å². The van der Waals surface area contributed by atoms with Gasteiger partial charge in [-0.05, 0) is 18.0 Å². The molecule has 1 aromatic heterocycles. The Bertz CT molecular complexity index is 451. The largest absolute Gasteiger partial charge is 0.480 e. The summed E-state index contributed by atoms with van der Waals surface area (Å²) in [5.74, 6) is -1.47. The van der Waals surface area contributed by atoms with Gasteiger partial charge < -0.3 is 10.4 Å². The maximum Gasteiger partial charge on any atom is 0.326 e. The molecule has 18 heavy (non-hydrogen) atoms. The Morgan fingerprint density at radius 3 is 2.50 bits per heavy atom. The van der Waals surface area contributed by atoms with Crippen molar-refractivity contribution in [2.24, 2.45) is 0 Å². The first-order valence-electron chi connectivity index (χ1n) is 5.63. The van der Waals surface area contributed by atoms with E-state index in [2.05, 4.69) is 14.9 Å². The molecule has 1 aromatic rings. The summed E-state index contributed by atoms with van der Waals surface area (Å²) in [6.07, 6.45) is 0.332. The van der Waals surface area contributed by atoms with Gasteiger partial charge in [-0.2, -0.15) is 0 Å². The van der Waals surface area contributed by atoms with Crippen LogP contribution in [0, 0.1) is 0 Å². The number of carbonyl (C=O) groups is 2. The number of nitrogens with zero attached hydrogens (tertiary/aromatic N) is 2. The number of carboxylic acid groups (broad SMARTS) is 1. The Labute approximate surface area is 110 Å². The van der Waals surface area contributed by atoms with Crippen LogP contribution < -0.4 is 5.32 Å². The molecular formula is C11H17N3O3S. The average molecular weight is 271 g/mol. The summed E-state index contributed by atoms with van der Waals surface area (Å²) in [6.45, 7) is 7.48. The molecule has 0 aromatic carbocycles. The summed E-state index contributed by atoms with van der Waals surface area (Å²) in [4.78, 5) is 23.3. The highest BCUT2D eigenvalue weighted by molar-refractivity contribution is 7.08. The van der Waals surface area contributed by atoms with E-state index in [-0.39, 0.29) is 5.41 Å². The van der Waals surface area contributed by atoms with E-state index in [1.807, 2.05) is 20.8 Å². The molecule has 0 aliphatic carbocycles. The Morgan fingerprint density at radius 2 is 2.06 bits per heavy atom. The second-order valence-corrected chi connectivity index (χ2v) is 5.73. The van der Waals surface area contributed by atoms with Gasteiger partial charge in [-0.25, -0.2) is 4.79 Å². The van der Waals surface area contributed by atoms with Crippen LogP contribution in [0.2, 0.25) is 0 Å². The first kappa shape index (κ1) is 14.6. The maximum absolute atomic E-state index is 12.0. The van der Waals surface area contributed by atoms with Crippen molar-refractivity contribution in [3.05, 3.63) is 10.6 Å². The van der Waals surface area contributed by atoms with Gasteiger partial charge in [-0.3, -0.25) is 4.79 Å². The number of aliphatic carboxylic acids is 1. The van der Waals surface area contributed by atoms with Crippen LogP contribution in [0.4, 0.5) is 0 Å². The van der Waals surface area contributed by atoms with Gasteiger partial charge in [0, 0.05) is 5.41 Å². The van der Waals surface area contributed by atoms with Gasteiger partial charge in [0.25, 0.3) is 5.91 Å². The highest BCUT2D eigenvalue weighted by atomic mass is 32.1. The molecule has 0 aliphatic rings. The summed E-state index contributed by atoms with van der Waals surface area (Å²) in [7, 11) is 0. The molecule has 6 nitrogen and oxygen atoms in total. The van der Waals surface area contributed by atoms with Gasteiger partial charge >= 0.3 is 5.97 Å². The molecular weight excluding hydrogens is 254 g/mol. The number of aromatic nitrogens is 2. The number of carbonyl (C=O) groups excluding carboxylic acids is 1. The van der Waals surface area contributed by atoms with Gasteiger partial charge in [0.2, 0.25) is 0 Å². The van der Waals surface area contributed by atoms with Crippen molar-refractivity contribution in [2.45, 2.75) is 45.6 Å². The molecule has 0 aliphatic heterocycles. The Balaban J connectivity index is 2.92. The van der Waals surface area contributed by atoms with E-state index in [0.29, 0.717) is 17.0 Å². The van der Waals surface area contributed by atoms with Gasteiger partial charge in [-0.1, -0.05) is 32.2 Å². The smallest absolute Gasteiger partial charge is 0.326 e. The molecule has 1 amide bonds. The van der Waals surface area contributed by atoms with E-state index in [4.69, 9.17) is 5.11 Å². The van der Waals surface area contributed by atoms with E-state index >= 15 is 0 Å². The summed E-state index contributed by atoms with van der Waals surface area (Å²) < 4.78 is 3.77. The van der Waals surface area contributed by atoms with Crippen LogP contribution in [0.25, 0.3) is 0 Å². The Hall–Kier alpha value is -1.50. The lowest BCUT2D eigenvalue weighted by molar-refractivity contribution is -0.139. The fourth-order valence-electron chi connectivity index (χ4n) is 1.39. The van der Waals surface area contributed by atoms with Crippen molar-refractivity contribution < 1.29 is 14.7 Å². The first-order valence-corrected chi connectivity index (χ1v) is 6.41. The van der Waals surface area contributed by atoms with E-state index < -0.39 is 17.9 Å². The molecule has 0 spiro atoms. The van der Waals surface area contributed by atoms with Crippen LogP contribution in [0.15, 0.2) is 0 Å². The molecule has 0 fully saturated rings. The first-order chi connectivity index (χ1) is 8.27.